The van der Waals surface area contributed by atoms with Gasteiger partial charge in [-0.1, -0.05) is 18.2 Å². The van der Waals surface area contributed by atoms with Crippen molar-refractivity contribution in [2.45, 2.75) is 6.54 Å². The highest BCUT2D eigenvalue weighted by Gasteiger charge is 2.16. The van der Waals surface area contributed by atoms with Gasteiger partial charge in [0.25, 0.3) is 5.91 Å². The number of hydrogen-bond donors (Lipinski definition) is 1. The number of hydrogen-bond acceptors (Lipinski definition) is 5. The van der Waals surface area contributed by atoms with Gasteiger partial charge in [0.15, 0.2) is 11.5 Å². The number of amides is 1. The molecule has 2 aromatic carbocycles. The second-order valence-electron chi connectivity index (χ2n) is 4.91. The Morgan fingerprint density at radius 2 is 1.67 bits per heavy atom. The Morgan fingerprint density at radius 3 is 2.25 bits per heavy atom. The van der Waals surface area contributed by atoms with Gasteiger partial charge in [-0.05, 0) is 29.8 Å². The SMILES string of the molecule is COC(=O)c1ccc(CNC(=O)c2cccc(OC)c2OC)cc1. The van der Waals surface area contributed by atoms with E-state index in [-0.39, 0.29) is 5.91 Å². The van der Waals surface area contributed by atoms with Gasteiger partial charge in [-0.2, -0.15) is 0 Å². The molecule has 2 aromatic rings. The highest BCUT2D eigenvalue weighted by molar-refractivity contribution is 5.97. The fraction of sp³-hybridized carbons (Fsp3) is 0.222. The molecule has 0 fully saturated rings. The molecule has 6 nitrogen and oxygen atoms in total. The molecule has 0 atom stereocenters. The van der Waals surface area contributed by atoms with Crippen molar-refractivity contribution in [1.82, 2.24) is 5.32 Å². The quantitative estimate of drug-likeness (QED) is 0.824. The lowest BCUT2D eigenvalue weighted by atomic mass is 10.1. The summed E-state index contributed by atoms with van der Waals surface area (Å²) in [6.45, 7) is 0.320. The van der Waals surface area contributed by atoms with Crippen LogP contribution in [0.4, 0.5) is 0 Å². The first-order valence-corrected chi connectivity index (χ1v) is 7.27. The van der Waals surface area contributed by atoms with E-state index in [9.17, 15) is 9.59 Å². The zero-order chi connectivity index (χ0) is 17.5. The summed E-state index contributed by atoms with van der Waals surface area (Å²) >= 11 is 0. The van der Waals surface area contributed by atoms with Gasteiger partial charge in [-0.3, -0.25) is 4.79 Å². The van der Waals surface area contributed by atoms with Crippen LogP contribution in [0.3, 0.4) is 0 Å². The van der Waals surface area contributed by atoms with E-state index in [0.717, 1.165) is 5.56 Å². The van der Waals surface area contributed by atoms with E-state index >= 15 is 0 Å². The van der Waals surface area contributed by atoms with Crippen LogP contribution in [0.1, 0.15) is 26.3 Å². The molecule has 126 valence electrons. The van der Waals surface area contributed by atoms with Crippen LogP contribution in [0.15, 0.2) is 42.5 Å². The van der Waals surface area contributed by atoms with Crippen molar-refractivity contribution in [2.75, 3.05) is 21.3 Å². The molecule has 0 radical (unpaired) electrons. The van der Waals surface area contributed by atoms with Gasteiger partial charge in [-0.15, -0.1) is 0 Å². The van der Waals surface area contributed by atoms with Crippen molar-refractivity contribution in [3.8, 4) is 11.5 Å². The van der Waals surface area contributed by atoms with E-state index in [4.69, 9.17) is 9.47 Å². The first kappa shape index (κ1) is 17.3. The maximum Gasteiger partial charge on any atom is 0.337 e. The Bertz CT molecular complexity index is 725. The van der Waals surface area contributed by atoms with Gasteiger partial charge in [0.2, 0.25) is 0 Å². The molecule has 0 unspecified atom stereocenters. The minimum absolute atomic E-state index is 0.275. The van der Waals surface area contributed by atoms with Crippen LogP contribution >= 0.6 is 0 Å². The monoisotopic (exact) mass is 329 g/mol. The third-order valence-corrected chi connectivity index (χ3v) is 3.48. The van der Waals surface area contributed by atoms with Crippen molar-refractivity contribution in [3.05, 3.63) is 59.2 Å². The standard InChI is InChI=1S/C18H19NO5/c1-22-15-6-4-5-14(16(15)23-2)17(20)19-11-12-7-9-13(10-8-12)18(21)24-3/h4-10H,11H2,1-3H3,(H,19,20). The Hall–Kier alpha value is -3.02. The maximum atomic E-state index is 12.4. The first-order chi connectivity index (χ1) is 11.6. The number of carbonyl (C=O) groups excluding carboxylic acids is 2. The first-order valence-electron chi connectivity index (χ1n) is 7.27. The molecule has 1 N–H and O–H groups in total. The van der Waals surface area contributed by atoms with E-state index in [1.807, 2.05) is 0 Å². The number of carbonyl (C=O) groups is 2. The summed E-state index contributed by atoms with van der Waals surface area (Å²) in [7, 11) is 4.33. The van der Waals surface area contributed by atoms with Gasteiger partial charge in [0.1, 0.15) is 0 Å². The van der Waals surface area contributed by atoms with Gasteiger partial charge >= 0.3 is 5.97 Å². The van der Waals surface area contributed by atoms with Crippen molar-refractivity contribution in [1.29, 1.82) is 0 Å². The highest BCUT2D eigenvalue weighted by atomic mass is 16.5. The molecular weight excluding hydrogens is 310 g/mol. The van der Waals surface area contributed by atoms with E-state index < -0.39 is 5.97 Å². The number of ether oxygens (including phenoxy) is 3. The average Bonchev–Trinajstić information content (AvgIpc) is 2.64. The molecule has 0 aromatic heterocycles. The summed E-state index contributed by atoms with van der Waals surface area (Å²) in [5.74, 6) is 0.209. The minimum atomic E-state index is -0.397. The van der Waals surface area contributed by atoms with Gasteiger partial charge in [0, 0.05) is 6.54 Å². The zero-order valence-corrected chi connectivity index (χ0v) is 13.8. The molecule has 0 aliphatic heterocycles. The van der Waals surface area contributed by atoms with Crippen LogP contribution in [0, 0.1) is 0 Å². The maximum absolute atomic E-state index is 12.4. The van der Waals surface area contributed by atoms with Crippen LogP contribution in [-0.2, 0) is 11.3 Å². The molecule has 0 aliphatic rings. The third kappa shape index (κ3) is 3.84. The molecule has 6 heteroatoms. The van der Waals surface area contributed by atoms with Crippen molar-refractivity contribution >= 4 is 11.9 Å². The number of para-hydroxylation sites is 1. The summed E-state index contributed by atoms with van der Waals surface area (Å²) in [6.07, 6.45) is 0. The molecule has 0 spiro atoms. The fourth-order valence-corrected chi connectivity index (χ4v) is 2.22. The third-order valence-electron chi connectivity index (χ3n) is 3.48. The van der Waals surface area contributed by atoms with E-state index in [0.29, 0.717) is 29.2 Å². The van der Waals surface area contributed by atoms with Crippen molar-refractivity contribution < 1.29 is 23.8 Å². The Balaban J connectivity index is 2.07. The number of nitrogens with one attached hydrogen (secondary N) is 1. The molecular formula is C18H19NO5. The molecule has 2 rings (SSSR count). The Morgan fingerprint density at radius 1 is 0.958 bits per heavy atom. The molecule has 0 heterocycles. The zero-order valence-electron chi connectivity index (χ0n) is 13.8. The van der Waals surface area contributed by atoms with Gasteiger partial charge in [-0.25, -0.2) is 4.79 Å². The van der Waals surface area contributed by atoms with Crippen molar-refractivity contribution in [3.63, 3.8) is 0 Å². The minimum Gasteiger partial charge on any atom is -0.493 e. The average molecular weight is 329 g/mol. The number of rotatable bonds is 6. The van der Waals surface area contributed by atoms with E-state index in [1.165, 1.54) is 21.3 Å². The Kier molecular flexibility index (Phi) is 5.78. The predicted molar refractivity (Wildman–Crippen MR) is 88.5 cm³/mol. The molecule has 0 saturated carbocycles. The van der Waals surface area contributed by atoms with Crippen LogP contribution in [0.25, 0.3) is 0 Å². The van der Waals surface area contributed by atoms with Gasteiger partial charge < -0.3 is 19.5 Å². The molecule has 0 aliphatic carbocycles. The van der Waals surface area contributed by atoms with Crippen LogP contribution in [-0.4, -0.2) is 33.2 Å². The van der Waals surface area contributed by atoms with Crippen LogP contribution in [0.5, 0.6) is 11.5 Å². The second-order valence-corrected chi connectivity index (χ2v) is 4.91. The highest BCUT2D eigenvalue weighted by Crippen LogP contribution is 2.30. The predicted octanol–water partition coefficient (Wildman–Crippen LogP) is 2.42. The number of benzene rings is 2. The summed E-state index contributed by atoms with van der Waals surface area (Å²) in [5, 5.41) is 2.81. The van der Waals surface area contributed by atoms with Crippen LogP contribution in [0.2, 0.25) is 0 Å². The number of methoxy groups -OCH3 is 3. The summed E-state index contributed by atoms with van der Waals surface area (Å²) in [4.78, 5) is 23.8. The normalized spacial score (nSPS) is 9.96. The molecule has 0 saturated heterocycles. The second kappa shape index (κ2) is 8.01. The smallest absolute Gasteiger partial charge is 0.337 e. The van der Waals surface area contributed by atoms with Gasteiger partial charge in [0.05, 0.1) is 32.5 Å². The molecule has 24 heavy (non-hydrogen) atoms. The largest absolute Gasteiger partial charge is 0.493 e. The summed E-state index contributed by atoms with van der Waals surface area (Å²) in [5.41, 5.74) is 1.71. The topological polar surface area (TPSA) is 73.9 Å². The van der Waals surface area contributed by atoms with Crippen molar-refractivity contribution in [2.24, 2.45) is 0 Å². The summed E-state index contributed by atoms with van der Waals surface area (Å²) < 4.78 is 15.1. The Labute approximate surface area is 140 Å². The van der Waals surface area contributed by atoms with E-state index in [2.05, 4.69) is 10.1 Å². The van der Waals surface area contributed by atoms with Crippen LogP contribution < -0.4 is 14.8 Å². The lowest BCUT2D eigenvalue weighted by Crippen LogP contribution is -2.23. The fourth-order valence-electron chi connectivity index (χ4n) is 2.22. The molecule has 1 amide bonds. The number of esters is 1. The molecule has 0 bridgehead atoms. The summed E-state index contributed by atoms with van der Waals surface area (Å²) in [6, 6.07) is 11.9. The van der Waals surface area contributed by atoms with E-state index in [1.54, 1.807) is 42.5 Å². The lowest BCUT2D eigenvalue weighted by molar-refractivity contribution is 0.0600. The lowest BCUT2D eigenvalue weighted by Gasteiger charge is -2.12.